The molecule has 0 aliphatic heterocycles. The van der Waals surface area contributed by atoms with E-state index in [2.05, 4.69) is 43.0 Å². The van der Waals surface area contributed by atoms with Crippen LogP contribution in [0.3, 0.4) is 0 Å². The summed E-state index contributed by atoms with van der Waals surface area (Å²) < 4.78 is 0. The number of rotatable bonds is 6. The summed E-state index contributed by atoms with van der Waals surface area (Å²) in [5, 5.41) is 10.4. The van der Waals surface area contributed by atoms with Crippen LogP contribution in [-0.4, -0.2) is 18.2 Å². The highest BCUT2D eigenvalue weighted by molar-refractivity contribution is 5.46. The van der Waals surface area contributed by atoms with Crippen molar-refractivity contribution in [2.75, 3.05) is 18.0 Å². The predicted octanol–water partition coefficient (Wildman–Crippen LogP) is 3.81. The summed E-state index contributed by atoms with van der Waals surface area (Å²) in [4.78, 5) is 2.19. The molecule has 0 bridgehead atoms. The molecule has 0 radical (unpaired) electrons. The number of hydrogen-bond donors (Lipinski definition) is 1. The molecule has 0 spiro atoms. The number of nitrogens with zero attached hydrogens (tertiary/aromatic N) is 1. The summed E-state index contributed by atoms with van der Waals surface area (Å²) in [6.07, 6.45) is 0.572. The van der Waals surface area contributed by atoms with Crippen molar-refractivity contribution < 1.29 is 5.11 Å². The Morgan fingerprint density at radius 3 is 2.15 bits per heavy atom. The zero-order valence-corrected chi connectivity index (χ0v) is 12.3. The maximum atomic E-state index is 10.4. The molecule has 0 aliphatic rings. The number of aryl methyl sites for hydroxylation is 1. The van der Waals surface area contributed by atoms with Crippen LogP contribution < -0.4 is 4.90 Å². The van der Waals surface area contributed by atoms with E-state index in [0.29, 0.717) is 6.54 Å². The molecule has 1 atom stereocenters. The minimum atomic E-state index is -0.457. The van der Waals surface area contributed by atoms with Crippen molar-refractivity contribution >= 4 is 5.69 Å². The van der Waals surface area contributed by atoms with E-state index in [0.717, 1.165) is 24.2 Å². The van der Waals surface area contributed by atoms with Gasteiger partial charge in [0.1, 0.15) is 0 Å². The molecule has 2 nitrogen and oxygen atoms in total. The average Bonchev–Trinajstić information content (AvgIpc) is 2.53. The van der Waals surface area contributed by atoms with Crippen LogP contribution in [-0.2, 0) is 6.42 Å². The molecule has 20 heavy (non-hydrogen) atoms. The Kier molecular flexibility index (Phi) is 5.19. The fraction of sp³-hybridized carbons (Fsp3) is 0.333. The van der Waals surface area contributed by atoms with E-state index in [4.69, 9.17) is 0 Å². The maximum absolute atomic E-state index is 10.4. The molecule has 2 heteroatoms. The van der Waals surface area contributed by atoms with Crippen LogP contribution in [0.15, 0.2) is 54.6 Å². The van der Waals surface area contributed by atoms with Crippen LogP contribution in [0.1, 0.15) is 31.1 Å². The lowest BCUT2D eigenvalue weighted by atomic mass is 10.1. The van der Waals surface area contributed by atoms with Gasteiger partial charge in [-0.1, -0.05) is 49.4 Å². The van der Waals surface area contributed by atoms with E-state index < -0.39 is 6.10 Å². The Morgan fingerprint density at radius 2 is 1.60 bits per heavy atom. The summed E-state index contributed by atoms with van der Waals surface area (Å²) >= 11 is 0. The van der Waals surface area contributed by atoms with Gasteiger partial charge in [0.15, 0.2) is 0 Å². The topological polar surface area (TPSA) is 23.5 Å². The number of benzene rings is 2. The zero-order valence-electron chi connectivity index (χ0n) is 12.3. The third-order valence-corrected chi connectivity index (χ3v) is 3.67. The molecule has 1 unspecified atom stereocenters. The molecular formula is C18H23NO. The number of aliphatic hydroxyl groups is 1. The summed E-state index contributed by atoms with van der Waals surface area (Å²) in [5.74, 6) is 0. The first kappa shape index (κ1) is 14.6. The Bertz CT molecular complexity index is 507. The van der Waals surface area contributed by atoms with Crippen molar-refractivity contribution in [2.24, 2.45) is 0 Å². The van der Waals surface area contributed by atoms with Crippen molar-refractivity contribution in [3.8, 4) is 0 Å². The van der Waals surface area contributed by atoms with Gasteiger partial charge in [-0.15, -0.1) is 0 Å². The SMILES string of the molecule is CCc1ccc(C(O)CN(CC)c2ccccc2)cc1. The van der Waals surface area contributed by atoms with E-state index in [-0.39, 0.29) is 0 Å². The molecular weight excluding hydrogens is 246 g/mol. The fourth-order valence-corrected chi connectivity index (χ4v) is 2.35. The molecule has 0 fully saturated rings. The first-order valence-corrected chi connectivity index (χ1v) is 7.31. The highest BCUT2D eigenvalue weighted by Crippen LogP contribution is 2.20. The Labute approximate surface area is 121 Å². The van der Waals surface area contributed by atoms with Crippen molar-refractivity contribution in [1.82, 2.24) is 0 Å². The lowest BCUT2D eigenvalue weighted by molar-refractivity contribution is 0.183. The molecule has 2 rings (SSSR count). The van der Waals surface area contributed by atoms with E-state index in [1.165, 1.54) is 5.56 Å². The molecule has 0 aromatic heterocycles. The van der Waals surface area contributed by atoms with E-state index in [9.17, 15) is 5.11 Å². The van der Waals surface area contributed by atoms with Gasteiger partial charge in [-0.3, -0.25) is 0 Å². The standard InChI is InChI=1S/C18H23NO/c1-3-15-10-12-16(13-11-15)18(20)14-19(4-2)17-8-6-5-7-9-17/h5-13,18,20H,3-4,14H2,1-2H3. The van der Waals surface area contributed by atoms with Crippen LogP contribution in [0.2, 0.25) is 0 Å². The number of para-hydroxylation sites is 1. The largest absolute Gasteiger partial charge is 0.387 e. The highest BCUT2D eigenvalue weighted by Gasteiger charge is 2.12. The fourth-order valence-electron chi connectivity index (χ4n) is 2.35. The third-order valence-electron chi connectivity index (χ3n) is 3.67. The molecule has 1 N–H and O–H groups in total. The van der Waals surface area contributed by atoms with Crippen LogP contribution in [0.5, 0.6) is 0 Å². The second-order valence-electron chi connectivity index (χ2n) is 4.99. The molecule has 0 heterocycles. The highest BCUT2D eigenvalue weighted by atomic mass is 16.3. The summed E-state index contributed by atoms with van der Waals surface area (Å²) in [6.45, 7) is 5.75. The van der Waals surface area contributed by atoms with Gasteiger partial charge >= 0.3 is 0 Å². The monoisotopic (exact) mass is 269 g/mol. The molecule has 0 amide bonds. The number of likely N-dealkylation sites (N-methyl/N-ethyl adjacent to an activating group) is 1. The van der Waals surface area contributed by atoms with Crippen molar-refractivity contribution in [1.29, 1.82) is 0 Å². The minimum Gasteiger partial charge on any atom is -0.387 e. The quantitative estimate of drug-likeness (QED) is 0.862. The van der Waals surface area contributed by atoms with Crippen LogP contribution >= 0.6 is 0 Å². The van der Waals surface area contributed by atoms with Gasteiger partial charge in [-0.05, 0) is 36.6 Å². The maximum Gasteiger partial charge on any atom is 0.0964 e. The number of hydrogen-bond acceptors (Lipinski definition) is 2. The van der Waals surface area contributed by atoms with Crippen molar-refractivity contribution in [3.05, 3.63) is 65.7 Å². The Balaban J connectivity index is 2.06. The molecule has 0 aliphatic carbocycles. The molecule has 0 saturated heterocycles. The zero-order chi connectivity index (χ0) is 14.4. The van der Waals surface area contributed by atoms with E-state index >= 15 is 0 Å². The minimum absolute atomic E-state index is 0.457. The normalized spacial score (nSPS) is 12.2. The number of anilines is 1. The van der Waals surface area contributed by atoms with Gasteiger partial charge in [0.05, 0.1) is 6.10 Å². The van der Waals surface area contributed by atoms with Gasteiger partial charge in [0.25, 0.3) is 0 Å². The molecule has 106 valence electrons. The van der Waals surface area contributed by atoms with E-state index in [1.54, 1.807) is 0 Å². The average molecular weight is 269 g/mol. The predicted molar refractivity (Wildman–Crippen MR) is 85.1 cm³/mol. The Morgan fingerprint density at radius 1 is 0.950 bits per heavy atom. The van der Waals surface area contributed by atoms with Crippen LogP contribution in [0.4, 0.5) is 5.69 Å². The second-order valence-corrected chi connectivity index (χ2v) is 4.99. The van der Waals surface area contributed by atoms with Gasteiger partial charge in [0.2, 0.25) is 0 Å². The smallest absolute Gasteiger partial charge is 0.0964 e. The second kappa shape index (κ2) is 7.11. The van der Waals surface area contributed by atoms with Gasteiger partial charge < -0.3 is 10.0 Å². The third kappa shape index (κ3) is 3.61. The van der Waals surface area contributed by atoms with Gasteiger partial charge in [-0.25, -0.2) is 0 Å². The Hall–Kier alpha value is -1.80. The lowest BCUT2D eigenvalue weighted by Gasteiger charge is -2.26. The first-order chi connectivity index (χ1) is 9.74. The van der Waals surface area contributed by atoms with Crippen molar-refractivity contribution in [2.45, 2.75) is 26.4 Å². The van der Waals surface area contributed by atoms with Gasteiger partial charge in [-0.2, -0.15) is 0 Å². The van der Waals surface area contributed by atoms with Crippen LogP contribution in [0, 0.1) is 0 Å². The number of aliphatic hydroxyl groups excluding tert-OH is 1. The summed E-state index contributed by atoms with van der Waals surface area (Å²) in [6, 6.07) is 18.5. The molecule has 2 aromatic carbocycles. The first-order valence-electron chi connectivity index (χ1n) is 7.31. The van der Waals surface area contributed by atoms with E-state index in [1.807, 2.05) is 30.3 Å². The lowest BCUT2D eigenvalue weighted by Crippen LogP contribution is -2.28. The summed E-state index contributed by atoms with van der Waals surface area (Å²) in [7, 11) is 0. The molecule has 2 aromatic rings. The molecule has 0 saturated carbocycles. The van der Waals surface area contributed by atoms with Gasteiger partial charge in [0, 0.05) is 18.8 Å². The summed E-state index contributed by atoms with van der Waals surface area (Å²) in [5.41, 5.74) is 3.44. The van der Waals surface area contributed by atoms with Crippen molar-refractivity contribution in [3.63, 3.8) is 0 Å². The van der Waals surface area contributed by atoms with Crippen LogP contribution in [0.25, 0.3) is 0 Å².